The van der Waals surface area contributed by atoms with E-state index >= 15 is 0 Å². The Bertz CT molecular complexity index is 375. The lowest BCUT2D eigenvalue weighted by molar-refractivity contribution is -0.135. The molecule has 1 aliphatic rings. The quantitative estimate of drug-likeness (QED) is 0.461. The van der Waals surface area contributed by atoms with Crippen LogP contribution in [-0.4, -0.2) is 23.5 Å². The second-order valence-electron chi connectivity index (χ2n) is 5.80. The van der Waals surface area contributed by atoms with Gasteiger partial charge in [0, 0.05) is 5.92 Å². The molecule has 0 saturated heterocycles. The van der Waals surface area contributed by atoms with Crippen LogP contribution in [0.25, 0.3) is 0 Å². The van der Waals surface area contributed by atoms with Gasteiger partial charge in [-0.15, -0.1) is 0 Å². The summed E-state index contributed by atoms with van der Waals surface area (Å²) in [6.07, 6.45) is 5.87. The van der Waals surface area contributed by atoms with Crippen LogP contribution < -0.4 is 11.1 Å². The fourth-order valence-electron chi connectivity index (χ4n) is 2.04. The van der Waals surface area contributed by atoms with Gasteiger partial charge in [0.1, 0.15) is 5.70 Å². The van der Waals surface area contributed by atoms with Crippen LogP contribution in [0.4, 0.5) is 0 Å². The predicted octanol–water partition coefficient (Wildman–Crippen LogP) is 1.64. The molecule has 1 saturated carbocycles. The molecule has 5 nitrogen and oxygen atoms in total. The van der Waals surface area contributed by atoms with Crippen LogP contribution >= 0.6 is 0 Å². The van der Waals surface area contributed by atoms with E-state index in [0.717, 1.165) is 25.7 Å². The summed E-state index contributed by atoms with van der Waals surface area (Å²) in [5, 5.41) is 11.6. The Hall–Kier alpha value is -1.36. The molecule has 0 aromatic carbocycles. The van der Waals surface area contributed by atoms with Crippen molar-refractivity contribution in [1.29, 1.82) is 0 Å². The molecule has 1 fully saturated rings. The van der Waals surface area contributed by atoms with E-state index in [0.29, 0.717) is 13.0 Å². The number of carbonyl (C=O) groups excluding carboxylic acids is 1. The Kier molecular flexibility index (Phi) is 5.54. The van der Waals surface area contributed by atoms with Gasteiger partial charge in [-0.25, -0.2) is 4.79 Å². The molecular weight excluding hydrogens is 244 g/mol. The zero-order valence-electron chi connectivity index (χ0n) is 11.7. The highest BCUT2D eigenvalue weighted by Gasteiger charge is 2.50. The average Bonchev–Trinajstić information content (AvgIpc) is 2.96. The monoisotopic (exact) mass is 268 g/mol. The fourth-order valence-corrected chi connectivity index (χ4v) is 2.04. The van der Waals surface area contributed by atoms with E-state index in [2.05, 4.69) is 5.32 Å². The molecule has 0 aromatic heterocycles. The number of nitrogens with one attached hydrogen (secondary N) is 1. The fraction of sp³-hybridized carbons (Fsp3) is 0.714. The van der Waals surface area contributed by atoms with Crippen LogP contribution in [0, 0.1) is 11.3 Å². The van der Waals surface area contributed by atoms with Gasteiger partial charge in [-0.1, -0.05) is 26.3 Å². The molecule has 0 radical (unpaired) electrons. The van der Waals surface area contributed by atoms with Gasteiger partial charge in [-0.2, -0.15) is 0 Å². The van der Waals surface area contributed by atoms with Gasteiger partial charge in [0.2, 0.25) is 5.91 Å². The van der Waals surface area contributed by atoms with Gasteiger partial charge in [0.15, 0.2) is 0 Å². The largest absolute Gasteiger partial charge is 0.477 e. The molecule has 1 amide bonds. The highest BCUT2D eigenvalue weighted by Crippen LogP contribution is 2.51. The second kappa shape index (κ2) is 6.70. The third kappa shape index (κ3) is 5.03. The maximum Gasteiger partial charge on any atom is 0.352 e. The Morgan fingerprint density at radius 1 is 1.37 bits per heavy atom. The Balaban J connectivity index is 2.42. The van der Waals surface area contributed by atoms with E-state index in [4.69, 9.17) is 10.8 Å². The Morgan fingerprint density at radius 2 is 2.00 bits per heavy atom. The van der Waals surface area contributed by atoms with E-state index in [-0.39, 0.29) is 22.9 Å². The number of carboxylic acid groups (broad SMARTS) is 1. The second-order valence-corrected chi connectivity index (χ2v) is 5.80. The lowest BCUT2D eigenvalue weighted by atomic mass is 10.1. The van der Waals surface area contributed by atoms with Crippen LogP contribution in [-0.2, 0) is 9.59 Å². The number of nitrogens with two attached hydrogens (primary N) is 1. The van der Waals surface area contributed by atoms with Crippen LogP contribution in [0.2, 0.25) is 0 Å². The summed E-state index contributed by atoms with van der Waals surface area (Å²) in [7, 11) is 0. The van der Waals surface area contributed by atoms with Crippen molar-refractivity contribution < 1.29 is 14.7 Å². The molecule has 1 unspecified atom stereocenters. The summed E-state index contributed by atoms with van der Waals surface area (Å²) < 4.78 is 0. The van der Waals surface area contributed by atoms with E-state index < -0.39 is 5.97 Å². The van der Waals surface area contributed by atoms with Crippen molar-refractivity contribution in [3.8, 4) is 0 Å². The van der Waals surface area contributed by atoms with Gasteiger partial charge < -0.3 is 16.2 Å². The number of allylic oxidation sites excluding steroid dienone is 1. The zero-order chi connectivity index (χ0) is 14.5. The number of amides is 1. The number of hydrogen-bond acceptors (Lipinski definition) is 3. The molecule has 108 valence electrons. The maximum atomic E-state index is 11.8. The lowest BCUT2D eigenvalue weighted by Gasteiger charge is -2.07. The van der Waals surface area contributed by atoms with Crippen LogP contribution in [0.3, 0.4) is 0 Å². The minimum absolute atomic E-state index is 0.000415. The molecule has 0 spiro atoms. The molecule has 19 heavy (non-hydrogen) atoms. The minimum atomic E-state index is -1.08. The van der Waals surface area contributed by atoms with E-state index in [1.54, 1.807) is 6.08 Å². The third-order valence-corrected chi connectivity index (χ3v) is 3.57. The molecular formula is C14H24N2O3. The SMILES string of the molecule is CC1(C)CC1C(=O)N/C(=C/CCCCCN)C(=O)O. The number of carbonyl (C=O) groups is 2. The summed E-state index contributed by atoms with van der Waals surface area (Å²) in [6, 6.07) is 0. The van der Waals surface area contributed by atoms with Crippen molar-refractivity contribution in [2.75, 3.05) is 6.54 Å². The predicted molar refractivity (Wildman–Crippen MR) is 73.3 cm³/mol. The van der Waals surface area contributed by atoms with Crippen LogP contribution in [0.1, 0.15) is 46.0 Å². The number of rotatable bonds is 8. The van der Waals surface area contributed by atoms with Crippen molar-refractivity contribution >= 4 is 11.9 Å². The molecule has 0 aromatic rings. The van der Waals surface area contributed by atoms with E-state index in [1.807, 2.05) is 13.8 Å². The lowest BCUT2D eigenvalue weighted by Crippen LogP contribution is -2.29. The zero-order valence-corrected chi connectivity index (χ0v) is 11.7. The Labute approximate surface area is 114 Å². The van der Waals surface area contributed by atoms with Gasteiger partial charge in [0.05, 0.1) is 0 Å². The van der Waals surface area contributed by atoms with Crippen LogP contribution in [0.5, 0.6) is 0 Å². The molecule has 0 heterocycles. The maximum absolute atomic E-state index is 11.8. The molecule has 0 aliphatic heterocycles. The summed E-state index contributed by atoms with van der Waals surface area (Å²) in [5.74, 6) is -1.32. The molecule has 0 bridgehead atoms. The first-order valence-electron chi connectivity index (χ1n) is 6.83. The first-order chi connectivity index (χ1) is 8.88. The highest BCUT2D eigenvalue weighted by molar-refractivity contribution is 5.94. The minimum Gasteiger partial charge on any atom is -0.477 e. The van der Waals surface area contributed by atoms with Crippen molar-refractivity contribution in [2.45, 2.75) is 46.0 Å². The summed E-state index contributed by atoms with van der Waals surface area (Å²) in [4.78, 5) is 22.9. The molecule has 4 N–H and O–H groups in total. The summed E-state index contributed by atoms with van der Waals surface area (Å²) >= 11 is 0. The van der Waals surface area contributed by atoms with E-state index in [9.17, 15) is 9.59 Å². The summed E-state index contributed by atoms with van der Waals surface area (Å²) in [5.41, 5.74) is 5.39. The number of unbranched alkanes of at least 4 members (excludes halogenated alkanes) is 3. The standard InChI is InChI=1S/C14H24N2O3/c1-14(2)9-10(14)12(17)16-11(13(18)19)7-5-3-4-6-8-15/h7,10H,3-6,8-9,15H2,1-2H3,(H,16,17)(H,18,19)/b11-7+. The van der Waals surface area contributed by atoms with Gasteiger partial charge >= 0.3 is 5.97 Å². The molecule has 1 rings (SSSR count). The Morgan fingerprint density at radius 3 is 2.47 bits per heavy atom. The molecule has 1 atom stereocenters. The normalized spacial score (nSPS) is 21.0. The van der Waals surface area contributed by atoms with Gasteiger partial charge in [0.25, 0.3) is 0 Å². The van der Waals surface area contributed by atoms with Crippen molar-refractivity contribution in [3.63, 3.8) is 0 Å². The molecule has 1 aliphatic carbocycles. The van der Waals surface area contributed by atoms with Gasteiger partial charge in [-0.05, 0) is 37.6 Å². The first kappa shape index (κ1) is 15.7. The van der Waals surface area contributed by atoms with Crippen molar-refractivity contribution in [1.82, 2.24) is 5.32 Å². The average molecular weight is 268 g/mol. The summed E-state index contributed by atoms with van der Waals surface area (Å²) in [6.45, 7) is 4.67. The molecule has 5 heteroatoms. The number of carboxylic acids is 1. The highest BCUT2D eigenvalue weighted by atomic mass is 16.4. The smallest absolute Gasteiger partial charge is 0.352 e. The number of aliphatic carboxylic acids is 1. The first-order valence-corrected chi connectivity index (χ1v) is 6.83. The third-order valence-electron chi connectivity index (χ3n) is 3.57. The number of hydrogen-bond donors (Lipinski definition) is 3. The van der Waals surface area contributed by atoms with E-state index in [1.165, 1.54) is 0 Å². The van der Waals surface area contributed by atoms with Gasteiger partial charge in [-0.3, -0.25) is 4.79 Å². The topological polar surface area (TPSA) is 92.4 Å². The van der Waals surface area contributed by atoms with Crippen molar-refractivity contribution in [3.05, 3.63) is 11.8 Å². The van der Waals surface area contributed by atoms with Crippen molar-refractivity contribution in [2.24, 2.45) is 17.1 Å². The van der Waals surface area contributed by atoms with Crippen LogP contribution in [0.15, 0.2) is 11.8 Å².